The molecule has 2 aliphatic rings. The molecule has 0 amide bonds. The Hall–Kier alpha value is -7.62. The van der Waals surface area contributed by atoms with Gasteiger partial charge in [0, 0.05) is 55.8 Å². The number of hydrogen-bond donors (Lipinski definition) is 0. The second kappa shape index (κ2) is 14.6. The van der Waals surface area contributed by atoms with Crippen molar-refractivity contribution in [3.05, 3.63) is 229 Å². The monoisotopic (exact) mass is 782 g/mol. The van der Waals surface area contributed by atoms with Crippen molar-refractivity contribution in [2.45, 2.75) is 25.2 Å². The molecule has 1 atom stereocenters. The van der Waals surface area contributed by atoms with Crippen LogP contribution in [-0.4, -0.2) is 4.57 Å². The fourth-order valence-corrected chi connectivity index (χ4v) is 9.78. The van der Waals surface area contributed by atoms with Crippen molar-refractivity contribution in [3.63, 3.8) is 0 Å². The Bertz CT molecular complexity index is 3430. The van der Waals surface area contributed by atoms with Gasteiger partial charge in [0.15, 0.2) is 0 Å². The normalized spacial score (nSPS) is 15.4. The number of aromatic nitrogens is 1. The number of hydrogen-bond acceptors (Lipinski definition) is 2. The highest BCUT2D eigenvalue weighted by molar-refractivity contribution is 6.14. The van der Waals surface area contributed by atoms with Crippen LogP contribution >= 0.6 is 0 Å². The average molecular weight is 783 g/mol. The summed E-state index contributed by atoms with van der Waals surface area (Å²) in [5, 5.41) is 7.45. The molecule has 1 unspecified atom stereocenters. The minimum absolute atomic E-state index is 0.360. The summed E-state index contributed by atoms with van der Waals surface area (Å²) < 4.78 is 8.91. The summed E-state index contributed by atoms with van der Waals surface area (Å²) in [5.41, 5.74) is 15.3. The molecule has 8 aromatic carbocycles. The summed E-state index contributed by atoms with van der Waals surface area (Å²) >= 11 is 0. The minimum Gasteiger partial charge on any atom is -0.455 e. The number of rotatable bonds is 7. The van der Waals surface area contributed by atoms with Crippen molar-refractivity contribution in [2.75, 3.05) is 4.90 Å². The van der Waals surface area contributed by atoms with Gasteiger partial charge in [0.25, 0.3) is 0 Å². The van der Waals surface area contributed by atoms with Crippen molar-refractivity contribution in [1.82, 2.24) is 4.57 Å². The van der Waals surface area contributed by atoms with Crippen molar-refractivity contribution in [2.24, 2.45) is 0 Å². The first-order valence-corrected chi connectivity index (χ1v) is 21.4. The summed E-state index contributed by atoms with van der Waals surface area (Å²) in [6, 6.07) is 65.9. The van der Waals surface area contributed by atoms with Gasteiger partial charge >= 0.3 is 0 Å². The van der Waals surface area contributed by atoms with E-state index >= 15 is 0 Å². The van der Waals surface area contributed by atoms with E-state index in [9.17, 15) is 0 Å². The zero-order valence-electron chi connectivity index (χ0n) is 33.7. The van der Waals surface area contributed by atoms with Gasteiger partial charge in [0.1, 0.15) is 11.2 Å². The number of benzene rings is 8. The molecule has 0 bridgehead atoms. The van der Waals surface area contributed by atoms with Gasteiger partial charge in [-0.2, -0.15) is 0 Å². The molecule has 0 N–H and O–H groups in total. The third kappa shape index (κ3) is 6.12. The standard InChI is InChI=1S/C58H42N2O/c1-2-11-39(12-3-1)40-21-29-46(30-22-40)59(48-35-27-43(28-36-48)50-17-10-18-53-52-16-7-9-20-57(52)61-58(50)53)47-31-23-41(24-32-47)42-25-33-49(34-26-42)60-55-19-8-6-15-51(55)54-37-44-13-4-5-14-45(44)38-56(54)60/h1-21,23-25,27-33,35-38,40H,22,26,34H2. The van der Waals surface area contributed by atoms with E-state index in [-0.39, 0.29) is 0 Å². The lowest BCUT2D eigenvalue weighted by molar-refractivity contribution is 0.670. The molecule has 2 aromatic heterocycles. The summed E-state index contributed by atoms with van der Waals surface area (Å²) in [6.45, 7) is 0. The van der Waals surface area contributed by atoms with Gasteiger partial charge in [-0.3, -0.25) is 0 Å². The number of fused-ring (bicyclic) bond motifs is 7. The molecular weight excluding hydrogens is 741 g/mol. The highest BCUT2D eigenvalue weighted by Gasteiger charge is 2.21. The van der Waals surface area contributed by atoms with E-state index in [2.05, 4.69) is 210 Å². The summed E-state index contributed by atoms with van der Waals surface area (Å²) in [7, 11) is 0. The summed E-state index contributed by atoms with van der Waals surface area (Å²) in [6.07, 6.45) is 14.6. The first kappa shape index (κ1) is 35.3. The Kier molecular flexibility index (Phi) is 8.45. The van der Waals surface area contributed by atoms with Crippen molar-refractivity contribution >= 4 is 77.2 Å². The first-order valence-electron chi connectivity index (χ1n) is 21.4. The lowest BCUT2D eigenvalue weighted by atomic mass is 9.91. The zero-order chi connectivity index (χ0) is 40.3. The van der Waals surface area contributed by atoms with Crippen LogP contribution in [0.15, 0.2) is 222 Å². The van der Waals surface area contributed by atoms with E-state index in [4.69, 9.17) is 4.42 Å². The maximum absolute atomic E-state index is 6.42. The number of nitrogens with zero attached hydrogens (tertiary/aromatic N) is 2. The van der Waals surface area contributed by atoms with Crippen LogP contribution < -0.4 is 4.90 Å². The Morgan fingerprint density at radius 2 is 1.21 bits per heavy atom. The second-order valence-electron chi connectivity index (χ2n) is 16.4. The molecule has 0 saturated heterocycles. The Morgan fingerprint density at radius 1 is 0.525 bits per heavy atom. The zero-order valence-corrected chi connectivity index (χ0v) is 33.7. The molecule has 3 heteroatoms. The molecule has 3 nitrogen and oxygen atoms in total. The maximum Gasteiger partial charge on any atom is 0.143 e. The van der Waals surface area contributed by atoms with Crippen LogP contribution in [0.1, 0.15) is 36.3 Å². The van der Waals surface area contributed by atoms with E-state index < -0.39 is 0 Å². The molecule has 0 spiro atoms. The van der Waals surface area contributed by atoms with Gasteiger partial charge in [0.05, 0.1) is 11.0 Å². The van der Waals surface area contributed by atoms with Crippen molar-refractivity contribution in [3.8, 4) is 11.1 Å². The molecule has 61 heavy (non-hydrogen) atoms. The van der Waals surface area contributed by atoms with Crippen LogP contribution in [0.4, 0.5) is 11.4 Å². The van der Waals surface area contributed by atoms with Gasteiger partial charge in [-0.1, -0.05) is 152 Å². The topological polar surface area (TPSA) is 21.3 Å². The highest BCUT2D eigenvalue weighted by atomic mass is 16.3. The van der Waals surface area contributed by atoms with E-state index in [1.165, 1.54) is 60.7 Å². The summed E-state index contributed by atoms with van der Waals surface area (Å²) in [4.78, 5) is 2.40. The minimum atomic E-state index is 0.360. The fourth-order valence-electron chi connectivity index (χ4n) is 9.78. The van der Waals surface area contributed by atoms with Gasteiger partial charge in [-0.25, -0.2) is 0 Å². The first-order chi connectivity index (χ1) is 30.2. The quantitative estimate of drug-likeness (QED) is 0.161. The molecule has 0 saturated carbocycles. The molecule has 0 fully saturated rings. The van der Waals surface area contributed by atoms with Gasteiger partial charge in [-0.15, -0.1) is 0 Å². The Balaban J connectivity index is 0.883. The van der Waals surface area contributed by atoms with Gasteiger partial charge in [-0.05, 0) is 113 Å². The van der Waals surface area contributed by atoms with Crippen LogP contribution in [0.25, 0.3) is 76.9 Å². The van der Waals surface area contributed by atoms with Crippen LogP contribution in [0.2, 0.25) is 0 Å². The van der Waals surface area contributed by atoms with Crippen molar-refractivity contribution < 1.29 is 4.42 Å². The van der Waals surface area contributed by atoms with Crippen LogP contribution in [0, 0.1) is 0 Å². The van der Waals surface area contributed by atoms with Gasteiger partial charge in [0.2, 0.25) is 0 Å². The molecule has 2 heterocycles. The molecule has 0 radical (unpaired) electrons. The molecule has 290 valence electrons. The number of furan rings is 1. The van der Waals surface area contributed by atoms with Gasteiger partial charge < -0.3 is 13.9 Å². The van der Waals surface area contributed by atoms with E-state index in [1.807, 2.05) is 12.1 Å². The van der Waals surface area contributed by atoms with Crippen molar-refractivity contribution in [1.29, 1.82) is 0 Å². The fraction of sp³-hybridized carbons (Fsp3) is 0.0690. The third-order valence-electron chi connectivity index (χ3n) is 12.9. The molecule has 2 aliphatic carbocycles. The Morgan fingerprint density at radius 3 is 1.97 bits per heavy atom. The third-order valence-corrected chi connectivity index (χ3v) is 12.9. The predicted molar refractivity (Wildman–Crippen MR) is 257 cm³/mol. The number of anilines is 2. The molecular formula is C58H42N2O. The lowest BCUT2D eigenvalue weighted by Gasteiger charge is -2.29. The van der Waals surface area contributed by atoms with E-state index in [1.54, 1.807) is 0 Å². The second-order valence-corrected chi connectivity index (χ2v) is 16.4. The van der Waals surface area contributed by atoms with E-state index in [0.29, 0.717) is 5.92 Å². The van der Waals surface area contributed by atoms with Crippen LogP contribution in [0.3, 0.4) is 0 Å². The molecule has 10 aromatic rings. The predicted octanol–water partition coefficient (Wildman–Crippen LogP) is 16.0. The lowest BCUT2D eigenvalue weighted by Crippen LogP contribution is -2.17. The average Bonchev–Trinajstić information content (AvgIpc) is 3.87. The smallest absolute Gasteiger partial charge is 0.143 e. The van der Waals surface area contributed by atoms with Crippen LogP contribution in [-0.2, 0) is 0 Å². The highest BCUT2D eigenvalue weighted by Crippen LogP contribution is 2.41. The summed E-state index contributed by atoms with van der Waals surface area (Å²) in [5.74, 6) is 0.360. The number of para-hydroxylation sites is 3. The Labute approximate surface area is 355 Å². The SMILES string of the molecule is C1=CC(c2ccccc2)CC=C1N(c1ccc(C2=CC=C(n3c4ccccc4c4cc5ccccc5cc43)CC2)cc1)c1ccc(-c2cccc3c2oc2ccccc23)cc1. The molecule has 0 aliphatic heterocycles. The largest absolute Gasteiger partial charge is 0.455 e. The maximum atomic E-state index is 6.42. The van der Waals surface area contributed by atoms with E-state index in [0.717, 1.165) is 63.7 Å². The van der Waals surface area contributed by atoms with Crippen LogP contribution in [0.5, 0.6) is 0 Å². The number of allylic oxidation sites excluding steroid dienone is 7. The molecule has 12 rings (SSSR count).